The minimum atomic E-state index is -0.480. The molecule has 24 heavy (non-hydrogen) atoms. The van der Waals surface area contributed by atoms with Crippen LogP contribution >= 0.6 is 11.3 Å². The average Bonchev–Trinajstić information content (AvgIpc) is 3.21. The van der Waals surface area contributed by atoms with Gasteiger partial charge in [0.2, 0.25) is 0 Å². The van der Waals surface area contributed by atoms with Gasteiger partial charge in [-0.05, 0) is 53.8 Å². The summed E-state index contributed by atoms with van der Waals surface area (Å²) < 4.78 is 11.3. The van der Waals surface area contributed by atoms with Crippen LogP contribution in [0.25, 0.3) is 10.1 Å². The molecule has 1 aliphatic carbocycles. The first-order valence-electron chi connectivity index (χ1n) is 7.96. The van der Waals surface area contributed by atoms with Crippen molar-refractivity contribution in [3.8, 4) is 0 Å². The molecule has 2 atom stereocenters. The van der Waals surface area contributed by atoms with Crippen LogP contribution < -0.4 is 0 Å². The largest absolute Gasteiger partial charge is 0.465 e. The van der Waals surface area contributed by atoms with Crippen LogP contribution in [-0.4, -0.2) is 25.7 Å². The quantitative estimate of drug-likeness (QED) is 0.630. The van der Waals surface area contributed by atoms with Crippen molar-refractivity contribution in [1.82, 2.24) is 0 Å². The van der Waals surface area contributed by atoms with E-state index >= 15 is 0 Å². The highest BCUT2D eigenvalue weighted by molar-refractivity contribution is 7.17. The average molecular weight is 342 g/mol. The fourth-order valence-corrected chi connectivity index (χ4v) is 5.01. The van der Waals surface area contributed by atoms with Crippen LogP contribution in [0.2, 0.25) is 0 Å². The number of carbonyl (C=O) groups is 2. The second-order valence-corrected chi connectivity index (χ2v) is 7.63. The zero-order valence-electron chi connectivity index (χ0n) is 13.5. The molecule has 1 saturated carbocycles. The Kier molecular flexibility index (Phi) is 3.49. The number of thiophene rings is 1. The number of fused-ring (bicyclic) bond motifs is 2. The summed E-state index contributed by atoms with van der Waals surface area (Å²) in [5.41, 5.74) is 2.28. The van der Waals surface area contributed by atoms with Gasteiger partial charge < -0.3 is 9.47 Å². The summed E-state index contributed by atoms with van der Waals surface area (Å²) in [4.78, 5) is 24.3. The molecule has 0 N–H and O–H groups in total. The van der Waals surface area contributed by atoms with Crippen LogP contribution in [-0.2, 0) is 20.7 Å². The summed E-state index contributed by atoms with van der Waals surface area (Å²) in [5.74, 6) is -0.231. The summed E-state index contributed by atoms with van der Waals surface area (Å²) >= 11 is 1.63. The molecule has 0 amide bonds. The van der Waals surface area contributed by atoms with Crippen LogP contribution in [0.1, 0.15) is 28.8 Å². The highest BCUT2D eigenvalue weighted by Crippen LogP contribution is 2.53. The van der Waals surface area contributed by atoms with Gasteiger partial charge in [-0.15, -0.1) is 11.3 Å². The monoisotopic (exact) mass is 342 g/mol. The number of cyclic esters (lactones) is 1. The highest BCUT2D eigenvalue weighted by atomic mass is 32.1. The zero-order chi connectivity index (χ0) is 16.9. The maximum Gasteiger partial charge on any atom is 0.337 e. The maximum absolute atomic E-state index is 12.5. The fraction of sp³-hybridized carbons (Fsp3) is 0.368. The van der Waals surface area contributed by atoms with E-state index in [4.69, 9.17) is 9.47 Å². The third kappa shape index (κ3) is 2.18. The molecular formula is C19H18O4S. The van der Waals surface area contributed by atoms with Crippen LogP contribution in [0.4, 0.5) is 0 Å². The first kappa shape index (κ1) is 15.4. The van der Waals surface area contributed by atoms with Gasteiger partial charge in [0, 0.05) is 10.6 Å². The molecule has 4 rings (SSSR count). The predicted molar refractivity (Wildman–Crippen MR) is 92.1 cm³/mol. The molecule has 1 aromatic carbocycles. The van der Waals surface area contributed by atoms with Crippen LogP contribution in [0.3, 0.4) is 0 Å². The Morgan fingerprint density at radius 3 is 3.12 bits per heavy atom. The van der Waals surface area contributed by atoms with Crippen molar-refractivity contribution in [2.75, 3.05) is 13.7 Å². The van der Waals surface area contributed by atoms with Gasteiger partial charge in [-0.2, -0.15) is 0 Å². The van der Waals surface area contributed by atoms with Gasteiger partial charge in [-0.25, -0.2) is 4.79 Å². The van der Waals surface area contributed by atoms with Gasteiger partial charge in [0.25, 0.3) is 0 Å². The Hall–Kier alpha value is -2.14. The van der Waals surface area contributed by atoms with Crippen molar-refractivity contribution in [3.63, 3.8) is 0 Å². The van der Waals surface area contributed by atoms with E-state index in [2.05, 4.69) is 12.0 Å². The second kappa shape index (κ2) is 5.45. The molecule has 2 unspecified atom stereocenters. The maximum atomic E-state index is 12.5. The number of rotatable bonds is 3. The molecule has 2 heterocycles. The lowest BCUT2D eigenvalue weighted by Crippen LogP contribution is -2.31. The Labute approximate surface area is 144 Å². The number of carbonyl (C=O) groups excluding carboxylic acids is 2. The van der Waals surface area contributed by atoms with Crippen LogP contribution in [0.5, 0.6) is 0 Å². The number of benzene rings is 1. The SMILES string of the molecule is C=C1CC2COC(=O)C2(Cc2csc3ccc(C(=O)OC)cc23)C1. The van der Waals surface area contributed by atoms with Crippen molar-refractivity contribution < 1.29 is 19.1 Å². The molecular weight excluding hydrogens is 324 g/mol. The van der Waals surface area contributed by atoms with E-state index in [1.165, 1.54) is 7.11 Å². The van der Waals surface area contributed by atoms with E-state index in [1.807, 2.05) is 12.1 Å². The zero-order valence-corrected chi connectivity index (χ0v) is 14.3. The number of hydrogen-bond donors (Lipinski definition) is 0. The molecule has 0 radical (unpaired) electrons. The fourth-order valence-electron chi connectivity index (χ4n) is 4.07. The Morgan fingerprint density at radius 1 is 1.50 bits per heavy atom. The lowest BCUT2D eigenvalue weighted by atomic mass is 9.75. The highest BCUT2D eigenvalue weighted by Gasteiger charge is 2.56. The van der Waals surface area contributed by atoms with Crippen molar-refractivity contribution in [2.45, 2.75) is 19.3 Å². The number of hydrogen-bond acceptors (Lipinski definition) is 5. The molecule has 2 aromatic rings. The summed E-state index contributed by atoms with van der Waals surface area (Å²) in [6, 6.07) is 5.57. The molecule has 5 heteroatoms. The lowest BCUT2D eigenvalue weighted by Gasteiger charge is -2.23. The summed E-state index contributed by atoms with van der Waals surface area (Å²) in [5, 5.41) is 3.11. The minimum Gasteiger partial charge on any atom is -0.465 e. The minimum absolute atomic E-state index is 0.102. The Bertz CT molecular complexity index is 865. The lowest BCUT2D eigenvalue weighted by molar-refractivity contribution is -0.146. The van der Waals surface area contributed by atoms with Gasteiger partial charge in [-0.3, -0.25) is 4.79 Å². The van der Waals surface area contributed by atoms with E-state index in [-0.39, 0.29) is 17.9 Å². The molecule has 1 saturated heterocycles. The molecule has 4 nitrogen and oxygen atoms in total. The smallest absolute Gasteiger partial charge is 0.337 e. The number of ether oxygens (including phenoxy) is 2. The normalized spacial score (nSPS) is 25.8. The summed E-state index contributed by atoms with van der Waals surface area (Å²) in [6.45, 7) is 4.58. The van der Waals surface area contributed by atoms with Gasteiger partial charge in [0.05, 0.1) is 24.7 Å². The molecule has 0 spiro atoms. The van der Waals surface area contributed by atoms with Crippen molar-refractivity contribution in [2.24, 2.45) is 11.3 Å². The van der Waals surface area contributed by atoms with Crippen molar-refractivity contribution >= 4 is 33.4 Å². The third-order valence-electron chi connectivity index (χ3n) is 5.28. The number of allylic oxidation sites excluding steroid dienone is 1. The Balaban J connectivity index is 1.75. The number of methoxy groups -OCH3 is 1. The van der Waals surface area contributed by atoms with Gasteiger partial charge >= 0.3 is 11.9 Å². The topological polar surface area (TPSA) is 52.6 Å². The van der Waals surface area contributed by atoms with Crippen molar-refractivity contribution in [3.05, 3.63) is 46.9 Å². The van der Waals surface area contributed by atoms with Crippen LogP contribution in [0.15, 0.2) is 35.7 Å². The van der Waals surface area contributed by atoms with E-state index in [0.29, 0.717) is 25.0 Å². The van der Waals surface area contributed by atoms with Crippen molar-refractivity contribution in [1.29, 1.82) is 0 Å². The second-order valence-electron chi connectivity index (χ2n) is 6.72. The first-order chi connectivity index (χ1) is 11.5. The molecule has 124 valence electrons. The first-order valence-corrected chi connectivity index (χ1v) is 8.84. The van der Waals surface area contributed by atoms with Gasteiger partial charge in [0.15, 0.2) is 0 Å². The van der Waals surface area contributed by atoms with E-state index in [9.17, 15) is 9.59 Å². The van der Waals surface area contributed by atoms with Gasteiger partial charge in [0.1, 0.15) is 0 Å². The van der Waals surface area contributed by atoms with Gasteiger partial charge in [-0.1, -0.05) is 12.2 Å². The molecule has 2 aliphatic rings. The molecule has 2 fully saturated rings. The molecule has 1 aliphatic heterocycles. The summed E-state index contributed by atoms with van der Waals surface area (Å²) in [7, 11) is 1.38. The van der Waals surface area contributed by atoms with E-state index in [1.54, 1.807) is 17.4 Å². The standard InChI is InChI=1S/C19H18O4S/c1-11-5-14-9-23-18(21)19(14,7-11)8-13-10-24-16-4-3-12(6-15(13)16)17(20)22-2/h3-4,6,10,14H,1,5,7-9H2,2H3. The van der Waals surface area contributed by atoms with Crippen LogP contribution in [0, 0.1) is 11.3 Å². The van der Waals surface area contributed by atoms with E-state index < -0.39 is 5.41 Å². The Morgan fingerprint density at radius 2 is 2.33 bits per heavy atom. The number of esters is 2. The molecule has 1 aromatic heterocycles. The third-order valence-corrected chi connectivity index (χ3v) is 6.30. The van der Waals surface area contributed by atoms with E-state index in [0.717, 1.165) is 27.6 Å². The summed E-state index contributed by atoms with van der Waals surface area (Å²) in [6.07, 6.45) is 2.20. The molecule has 0 bridgehead atoms. The predicted octanol–water partition coefficient (Wildman–Crippen LogP) is 3.74.